The Bertz CT molecular complexity index is 668. The van der Waals surface area contributed by atoms with Crippen molar-refractivity contribution in [2.45, 2.75) is 12.5 Å². The molecule has 3 rings (SSSR count). The van der Waals surface area contributed by atoms with Gasteiger partial charge in [0, 0.05) is 33.2 Å². The molecule has 1 aliphatic heterocycles. The molecular formula is C16H13Cl2O2. The van der Waals surface area contributed by atoms with Crippen LogP contribution >= 0.6 is 23.2 Å². The second-order valence-electron chi connectivity index (χ2n) is 4.73. The van der Waals surface area contributed by atoms with Crippen molar-refractivity contribution in [1.82, 2.24) is 0 Å². The number of rotatable bonds is 2. The third-order valence-corrected chi connectivity index (χ3v) is 3.89. The molecule has 2 aromatic rings. The van der Waals surface area contributed by atoms with E-state index in [-0.39, 0.29) is 6.10 Å². The Morgan fingerprint density at radius 2 is 2.00 bits per heavy atom. The molecule has 2 nitrogen and oxygen atoms in total. The number of fused-ring (bicyclic) bond motifs is 1. The molecule has 2 aromatic carbocycles. The number of halogens is 2. The molecule has 0 saturated heterocycles. The van der Waals surface area contributed by atoms with E-state index in [2.05, 4.69) is 6.92 Å². The predicted octanol–water partition coefficient (Wildman–Crippen LogP) is 4.81. The summed E-state index contributed by atoms with van der Waals surface area (Å²) in [5.41, 5.74) is 2.80. The van der Waals surface area contributed by atoms with E-state index in [4.69, 9.17) is 32.7 Å². The summed E-state index contributed by atoms with van der Waals surface area (Å²) in [7, 11) is 1.64. The van der Waals surface area contributed by atoms with Crippen molar-refractivity contribution in [2.24, 2.45) is 0 Å². The molecule has 1 radical (unpaired) electrons. The highest BCUT2D eigenvalue weighted by atomic mass is 35.5. The van der Waals surface area contributed by atoms with Crippen LogP contribution in [0.1, 0.15) is 5.56 Å². The van der Waals surface area contributed by atoms with Gasteiger partial charge in [0.1, 0.15) is 17.6 Å². The van der Waals surface area contributed by atoms with Crippen LogP contribution in [0.5, 0.6) is 11.5 Å². The Hall–Kier alpha value is -1.38. The first-order chi connectivity index (χ1) is 9.58. The molecule has 0 aromatic heterocycles. The zero-order valence-corrected chi connectivity index (χ0v) is 12.5. The molecule has 0 bridgehead atoms. The first-order valence-corrected chi connectivity index (χ1v) is 7.00. The Morgan fingerprint density at radius 3 is 2.75 bits per heavy atom. The van der Waals surface area contributed by atoms with Gasteiger partial charge in [0.15, 0.2) is 0 Å². The van der Waals surface area contributed by atoms with Crippen LogP contribution in [0.25, 0.3) is 11.1 Å². The topological polar surface area (TPSA) is 18.5 Å². The van der Waals surface area contributed by atoms with Crippen molar-refractivity contribution < 1.29 is 9.47 Å². The van der Waals surface area contributed by atoms with Crippen LogP contribution in [0.3, 0.4) is 0 Å². The molecule has 0 amide bonds. The zero-order valence-electron chi connectivity index (χ0n) is 11.0. The highest BCUT2D eigenvalue weighted by molar-refractivity contribution is 6.35. The van der Waals surface area contributed by atoms with Crippen molar-refractivity contribution in [2.75, 3.05) is 7.11 Å². The van der Waals surface area contributed by atoms with Gasteiger partial charge < -0.3 is 9.47 Å². The summed E-state index contributed by atoms with van der Waals surface area (Å²) in [5.74, 6) is 1.59. The maximum absolute atomic E-state index is 6.29. The first-order valence-electron chi connectivity index (χ1n) is 6.24. The summed E-state index contributed by atoms with van der Waals surface area (Å²) in [6.45, 7) is 3.96. The molecule has 1 atom stereocenters. The molecule has 1 aliphatic rings. The first kappa shape index (κ1) is 13.6. The largest absolute Gasteiger partial charge is 0.497 e. The quantitative estimate of drug-likeness (QED) is 0.793. The van der Waals surface area contributed by atoms with Crippen LogP contribution in [0, 0.1) is 6.92 Å². The maximum atomic E-state index is 6.29. The van der Waals surface area contributed by atoms with Gasteiger partial charge >= 0.3 is 0 Å². The van der Waals surface area contributed by atoms with Crippen molar-refractivity contribution in [3.63, 3.8) is 0 Å². The zero-order chi connectivity index (χ0) is 14.3. The van der Waals surface area contributed by atoms with Gasteiger partial charge in [-0.05, 0) is 37.3 Å². The maximum Gasteiger partial charge on any atom is 0.131 e. The Labute approximate surface area is 128 Å². The average Bonchev–Trinajstić information content (AvgIpc) is 2.80. The molecule has 0 saturated carbocycles. The van der Waals surface area contributed by atoms with E-state index in [0.717, 1.165) is 34.6 Å². The van der Waals surface area contributed by atoms with Crippen molar-refractivity contribution >= 4 is 23.2 Å². The van der Waals surface area contributed by atoms with Gasteiger partial charge in [-0.2, -0.15) is 0 Å². The van der Waals surface area contributed by atoms with Crippen LogP contribution in [-0.2, 0) is 6.42 Å². The minimum atomic E-state index is -0.0891. The van der Waals surface area contributed by atoms with Gasteiger partial charge in [-0.15, -0.1) is 0 Å². The van der Waals surface area contributed by atoms with Crippen LogP contribution in [0.2, 0.25) is 10.0 Å². The van der Waals surface area contributed by atoms with Gasteiger partial charge in [0.2, 0.25) is 0 Å². The standard InChI is InChI=1S/C16H13Cl2O2/c1-9-5-10-6-12(19-2)8-14(16(10)20-9)13-7-11(17)3-4-15(13)18/h3-4,6-9H,1,5H2,2H3. The lowest BCUT2D eigenvalue weighted by molar-refractivity contribution is 0.282. The summed E-state index contributed by atoms with van der Waals surface area (Å²) < 4.78 is 11.2. The van der Waals surface area contributed by atoms with Crippen LogP contribution < -0.4 is 9.47 Å². The number of hydrogen-bond acceptors (Lipinski definition) is 2. The van der Waals surface area contributed by atoms with Gasteiger partial charge in [-0.3, -0.25) is 0 Å². The number of ether oxygens (including phenoxy) is 2. The second-order valence-corrected chi connectivity index (χ2v) is 5.57. The Balaban J connectivity index is 2.23. The fraction of sp³-hybridized carbons (Fsp3) is 0.188. The Kier molecular flexibility index (Phi) is 3.53. The molecular weight excluding hydrogens is 295 g/mol. The molecule has 103 valence electrons. The van der Waals surface area contributed by atoms with E-state index < -0.39 is 0 Å². The summed E-state index contributed by atoms with van der Waals surface area (Å²) in [5, 5.41) is 1.26. The summed E-state index contributed by atoms with van der Waals surface area (Å²) >= 11 is 12.4. The van der Waals surface area contributed by atoms with Crippen LogP contribution in [0.15, 0.2) is 30.3 Å². The average molecular weight is 308 g/mol. The monoisotopic (exact) mass is 307 g/mol. The highest BCUT2D eigenvalue weighted by Crippen LogP contribution is 2.44. The van der Waals surface area contributed by atoms with Crippen LogP contribution in [0.4, 0.5) is 0 Å². The van der Waals surface area contributed by atoms with E-state index >= 15 is 0 Å². The van der Waals surface area contributed by atoms with Crippen molar-refractivity contribution in [3.05, 3.63) is 52.9 Å². The number of benzene rings is 2. The smallest absolute Gasteiger partial charge is 0.131 e. The summed E-state index contributed by atoms with van der Waals surface area (Å²) in [6, 6.07) is 9.26. The number of hydrogen-bond donors (Lipinski definition) is 0. The molecule has 0 fully saturated rings. The van der Waals surface area contributed by atoms with Crippen molar-refractivity contribution in [3.8, 4) is 22.6 Å². The molecule has 1 heterocycles. The summed E-state index contributed by atoms with van der Waals surface area (Å²) in [6.07, 6.45) is 0.673. The fourth-order valence-electron chi connectivity index (χ4n) is 2.43. The van der Waals surface area contributed by atoms with E-state index in [9.17, 15) is 0 Å². The lowest BCUT2D eigenvalue weighted by Crippen LogP contribution is -2.06. The van der Waals surface area contributed by atoms with Gasteiger partial charge in [-0.1, -0.05) is 23.2 Å². The predicted molar refractivity (Wildman–Crippen MR) is 81.9 cm³/mol. The molecule has 20 heavy (non-hydrogen) atoms. The minimum absolute atomic E-state index is 0.0891. The van der Waals surface area contributed by atoms with E-state index in [1.54, 1.807) is 19.2 Å². The van der Waals surface area contributed by atoms with Crippen molar-refractivity contribution in [1.29, 1.82) is 0 Å². The molecule has 0 aliphatic carbocycles. The van der Waals surface area contributed by atoms with E-state index in [1.807, 2.05) is 18.2 Å². The van der Waals surface area contributed by atoms with E-state index in [0.29, 0.717) is 10.0 Å². The molecule has 4 heteroatoms. The lowest BCUT2D eigenvalue weighted by Gasteiger charge is -2.13. The van der Waals surface area contributed by atoms with Gasteiger partial charge in [-0.25, -0.2) is 0 Å². The molecule has 0 spiro atoms. The highest BCUT2D eigenvalue weighted by Gasteiger charge is 2.25. The lowest BCUT2D eigenvalue weighted by atomic mass is 10.00. The number of methoxy groups -OCH3 is 1. The molecule has 1 unspecified atom stereocenters. The minimum Gasteiger partial charge on any atom is -0.497 e. The SMILES string of the molecule is [CH2]C1Cc2cc(OC)cc(-c3cc(Cl)ccc3Cl)c2O1. The third-order valence-electron chi connectivity index (χ3n) is 3.33. The van der Waals surface area contributed by atoms with Crippen LogP contribution in [-0.4, -0.2) is 13.2 Å². The van der Waals surface area contributed by atoms with Gasteiger partial charge in [0.25, 0.3) is 0 Å². The third kappa shape index (κ3) is 2.34. The molecule has 0 N–H and O–H groups in total. The van der Waals surface area contributed by atoms with Gasteiger partial charge in [0.05, 0.1) is 7.11 Å². The fourth-order valence-corrected chi connectivity index (χ4v) is 2.82. The normalized spacial score (nSPS) is 16.7. The van der Waals surface area contributed by atoms with E-state index in [1.165, 1.54) is 0 Å². The summed E-state index contributed by atoms with van der Waals surface area (Å²) in [4.78, 5) is 0. The Morgan fingerprint density at radius 1 is 1.20 bits per heavy atom. The second kappa shape index (κ2) is 5.19.